The van der Waals surface area contributed by atoms with Crippen molar-refractivity contribution in [2.45, 2.75) is 13.3 Å². The second-order valence-electron chi connectivity index (χ2n) is 3.93. The minimum atomic E-state index is -0.951. The normalized spacial score (nSPS) is 22.0. The number of carboxylic acids is 1. The highest BCUT2D eigenvalue weighted by molar-refractivity contribution is 6.29. The lowest BCUT2D eigenvalue weighted by molar-refractivity contribution is -0.139. The summed E-state index contributed by atoms with van der Waals surface area (Å²) in [4.78, 5) is 30.0. The summed E-state index contributed by atoms with van der Waals surface area (Å²) in [5.41, 5.74) is 0.630. The van der Waals surface area contributed by atoms with Crippen molar-refractivity contribution < 1.29 is 14.7 Å². The van der Waals surface area contributed by atoms with Crippen molar-refractivity contribution in [3.8, 4) is 0 Å². The van der Waals surface area contributed by atoms with Crippen molar-refractivity contribution in [3.05, 3.63) is 16.9 Å². The molecule has 1 aromatic rings. The van der Waals surface area contributed by atoms with E-state index < -0.39 is 17.8 Å². The van der Waals surface area contributed by atoms with Crippen LogP contribution in [0.25, 0.3) is 0 Å². The Morgan fingerprint density at radius 2 is 2.18 bits per heavy atom. The van der Waals surface area contributed by atoms with Crippen molar-refractivity contribution >= 4 is 29.4 Å². The van der Waals surface area contributed by atoms with Gasteiger partial charge in [-0.25, -0.2) is 9.97 Å². The molecule has 0 saturated heterocycles. The number of hydrogen-bond donors (Lipinski definition) is 2. The van der Waals surface area contributed by atoms with Gasteiger partial charge in [-0.05, 0) is 19.4 Å². The molecular weight excluding hydrogens is 246 g/mol. The average Bonchev–Trinajstić information content (AvgIpc) is 2.94. The monoisotopic (exact) mass is 255 g/mol. The Bertz CT molecular complexity index is 471. The number of carbonyl (C=O) groups excluding carboxylic acids is 1. The third-order valence-corrected chi connectivity index (χ3v) is 2.70. The number of aliphatic carboxylic acids is 1. The number of anilines is 1. The Balaban J connectivity index is 2.02. The number of amides is 1. The molecule has 1 aromatic heterocycles. The van der Waals surface area contributed by atoms with Crippen LogP contribution in [0.2, 0.25) is 5.15 Å². The molecule has 1 heterocycles. The number of nitrogens with one attached hydrogen (secondary N) is 1. The fraction of sp³-hybridized carbons (Fsp3) is 0.400. The van der Waals surface area contributed by atoms with Crippen molar-refractivity contribution in [3.63, 3.8) is 0 Å². The first-order valence-corrected chi connectivity index (χ1v) is 5.40. The topological polar surface area (TPSA) is 92.2 Å². The van der Waals surface area contributed by atoms with Gasteiger partial charge in [-0.2, -0.15) is 0 Å². The Hall–Kier alpha value is -1.69. The number of carbonyl (C=O) groups is 2. The highest BCUT2D eigenvalue weighted by atomic mass is 35.5. The smallest absolute Gasteiger partial charge is 0.307 e. The Labute approximate surface area is 102 Å². The van der Waals surface area contributed by atoms with Gasteiger partial charge < -0.3 is 5.11 Å². The molecule has 17 heavy (non-hydrogen) atoms. The summed E-state index contributed by atoms with van der Waals surface area (Å²) in [5, 5.41) is 11.4. The Morgan fingerprint density at radius 1 is 1.47 bits per heavy atom. The summed E-state index contributed by atoms with van der Waals surface area (Å²) in [6.07, 6.45) is 0.362. The molecule has 0 aromatic carbocycles. The number of rotatable bonds is 3. The fourth-order valence-electron chi connectivity index (χ4n) is 1.55. The van der Waals surface area contributed by atoms with E-state index in [1.807, 2.05) is 0 Å². The molecule has 1 amide bonds. The second kappa shape index (κ2) is 4.29. The first-order valence-electron chi connectivity index (χ1n) is 5.02. The SMILES string of the molecule is Cc1cc(Cl)nc(NC(=O)[C@@H]2C[C@@H]2C(=O)O)n1. The number of nitrogens with zero attached hydrogens (tertiary/aromatic N) is 2. The molecule has 1 saturated carbocycles. The fourth-order valence-corrected chi connectivity index (χ4v) is 1.78. The number of hydrogen-bond acceptors (Lipinski definition) is 4. The minimum absolute atomic E-state index is 0.107. The molecule has 1 aliphatic rings. The van der Waals surface area contributed by atoms with Crippen LogP contribution >= 0.6 is 11.6 Å². The largest absolute Gasteiger partial charge is 0.481 e. The molecule has 90 valence electrons. The van der Waals surface area contributed by atoms with Crippen molar-refractivity contribution in [1.29, 1.82) is 0 Å². The van der Waals surface area contributed by atoms with Crippen LogP contribution in [0.4, 0.5) is 5.95 Å². The quantitative estimate of drug-likeness (QED) is 0.789. The summed E-state index contributed by atoms with van der Waals surface area (Å²) in [5.74, 6) is -2.30. The van der Waals surface area contributed by atoms with Crippen LogP contribution in [0.15, 0.2) is 6.07 Å². The van der Waals surface area contributed by atoms with E-state index in [2.05, 4.69) is 15.3 Å². The van der Waals surface area contributed by atoms with Crippen LogP contribution in [0.1, 0.15) is 12.1 Å². The highest BCUT2D eigenvalue weighted by Gasteiger charge is 2.48. The third-order valence-electron chi connectivity index (χ3n) is 2.50. The standard InChI is InChI=1S/C10H10ClN3O3/c1-4-2-7(11)13-10(12-4)14-8(15)5-3-6(5)9(16)17/h2,5-6H,3H2,1H3,(H,16,17)(H,12,13,14,15)/t5-,6+/m1/s1. The highest BCUT2D eigenvalue weighted by Crippen LogP contribution is 2.39. The molecule has 2 N–H and O–H groups in total. The van der Waals surface area contributed by atoms with Crippen LogP contribution in [0.5, 0.6) is 0 Å². The molecule has 0 radical (unpaired) electrons. The lowest BCUT2D eigenvalue weighted by atomic mass is 10.3. The Kier molecular flexibility index (Phi) is 2.97. The summed E-state index contributed by atoms with van der Waals surface area (Å²) in [7, 11) is 0. The molecule has 0 unspecified atom stereocenters. The van der Waals surface area contributed by atoms with Gasteiger partial charge in [0.15, 0.2) is 0 Å². The molecule has 7 heteroatoms. The van der Waals surface area contributed by atoms with E-state index in [0.29, 0.717) is 12.1 Å². The second-order valence-corrected chi connectivity index (χ2v) is 4.32. The van der Waals surface area contributed by atoms with E-state index in [4.69, 9.17) is 16.7 Å². The summed E-state index contributed by atoms with van der Waals surface area (Å²) in [6, 6.07) is 1.56. The van der Waals surface area contributed by atoms with E-state index in [1.54, 1.807) is 13.0 Å². The number of aromatic nitrogens is 2. The molecule has 1 fully saturated rings. The molecule has 0 bridgehead atoms. The van der Waals surface area contributed by atoms with Crippen LogP contribution in [-0.4, -0.2) is 27.0 Å². The molecule has 0 aliphatic heterocycles. The predicted octanol–water partition coefficient (Wildman–Crippen LogP) is 1.10. The first-order chi connectivity index (χ1) is 7.97. The van der Waals surface area contributed by atoms with Gasteiger partial charge in [-0.3, -0.25) is 14.9 Å². The van der Waals surface area contributed by atoms with Gasteiger partial charge in [-0.1, -0.05) is 11.6 Å². The van der Waals surface area contributed by atoms with Crippen LogP contribution in [-0.2, 0) is 9.59 Å². The molecule has 2 atom stereocenters. The van der Waals surface area contributed by atoms with Gasteiger partial charge in [0.25, 0.3) is 0 Å². The van der Waals surface area contributed by atoms with Gasteiger partial charge in [0.2, 0.25) is 11.9 Å². The van der Waals surface area contributed by atoms with Crippen LogP contribution in [0, 0.1) is 18.8 Å². The van der Waals surface area contributed by atoms with E-state index in [-0.39, 0.29) is 17.0 Å². The van der Waals surface area contributed by atoms with Gasteiger partial charge in [0, 0.05) is 5.69 Å². The van der Waals surface area contributed by atoms with E-state index in [0.717, 1.165) is 0 Å². The van der Waals surface area contributed by atoms with Gasteiger partial charge >= 0.3 is 5.97 Å². The lowest BCUT2D eigenvalue weighted by Gasteiger charge is -2.03. The molecule has 1 aliphatic carbocycles. The van der Waals surface area contributed by atoms with Crippen molar-refractivity contribution in [2.75, 3.05) is 5.32 Å². The first kappa shape index (κ1) is 11.8. The van der Waals surface area contributed by atoms with E-state index >= 15 is 0 Å². The summed E-state index contributed by atoms with van der Waals surface area (Å²) < 4.78 is 0. The molecular formula is C10H10ClN3O3. The van der Waals surface area contributed by atoms with E-state index in [9.17, 15) is 9.59 Å². The summed E-state index contributed by atoms with van der Waals surface area (Å²) in [6.45, 7) is 1.72. The molecule has 6 nitrogen and oxygen atoms in total. The third kappa shape index (κ3) is 2.71. The zero-order valence-electron chi connectivity index (χ0n) is 8.98. The zero-order chi connectivity index (χ0) is 12.6. The molecule has 0 spiro atoms. The summed E-state index contributed by atoms with van der Waals surface area (Å²) >= 11 is 5.71. The lowest BCUT2D eigenvalue weighted by Crippen LogP contribution is -2.18. The number of halogens is 1. The van der Waals surface area contributed by atoms with Crippen LogP contribution < -0.4 is 5.32 Å². The zero-order valence-corrected chi connectivity index (χ0v) is 9.73. The maximum atomic E-state index is 11.6. The maximum Gasteiger partial charge on any atom is 0.307 e. The van der Waals surface area contributed by atoms with Crippen LogP contribution in [0.3, 0.4) is 0 Å². The maximum absolute atomic E-state index is 11.6. The molecule has 2 rings (SSSR count). The van der Waals surface area contributed by atoms with Crippen molar-refractivity contribution in [1.82, 2.24) is 9.97 Å². The number of carboxylic acid groups (broad SMARTS) is 1. The minimum Gasteiger partial charge on any atom is -0.481 e. The average molecular weight is 256 g/mol. The van der Waals surface area contributed by atoms with Crippen molar-refractivity contribution in [2.24, 2.45) is 11.8 Å². The Morgan fingerprint density at radius 3 is 2.71 bits per heavy atom. The van der Waals surface area contributed by atoms with Gasteiger partial charge in [-0.15, -0.1) is 0 Å². The van der Waals surface area contributed by atoms with Gasteiger partial charge in [0.05, 0.1) is 11.8 Å². The number of aryl methyl sites for hydroxylation is 1. The van der Waals surface area contributed by atoms with Gasteiger partial charge in [0.1, 0.15) is 5.15 Å². The predicted molar refractivity (Wildman–Crippen MR) is 59.6 cm³/mol. The van der Waals surface area contributed by atoms with E-state index in [1.165, 1.54) is 0 Å².